The first-order valence-corrected chi connectivity index (χ1v) is 12.4. The molecule has 0 spiro atoms. The molecule has 0 radical (unpaired) electrons. The Morgan fingerprint density at radius 2 is 1.57 bits per heavy atom. The molecular weight excluding hydrogens is 398 g/mol. The zero-order chi connectivity index (χ0) is 22.0. The maximum absolute atomic E-state index is 12.2. The number of carbonyl (C=O) groups is 2. The number of aliphatic carboxylic acids is 1. The highest BCUT2D eigenvalue weighted by Gasteiger charge is 2.08. The molecule has 30 heavy (non-hydrogen) atoms. The summed E-state index contributed by atoms with van der Waals surface area (Å²) in [4.78, 5) is 22.8. The smallest absolute Gasteiger partial charge is 0.303 e. The molecule has 5 nitrogen and oxygen atoms in total. The second-order valence-corrected chi connectivity index (χ2v) is 9.57. The number of hydrogen-bond donors (Lipinski definition) is 2. The van der Waals surface area contributed by atoms with Gasteiger partial charge in [0.05, 0.1) is 12.3 Å². The highest BCUT2D eigenvalue weighted by molar-refractivity contribution is 7.99. The molecule has 1 aromatic rings. The van der Waals surface area contributed by atoms with Crippen LogP contribution in [0.1, 0.15) is 84.5 Å². The van der Waals surface area contributed by atoms with E-state index in [9.17, 15) is 9.59 Å². The molecule has 1 amide bonds. The van der Waals surface area contributed by atoms with Crippen LogP contribution >= 0.6 is 11.8 Å². The molecule has 1 rings (SSSR count). The first-order valence-electron chi connectivity index (χ1n) is 11.3. The van der Waals surface area contributed by atoms with E-state index in [0.717, 1.165) is 18.1 Å². The lowest BCUT2D eigenvalue weighted by Crippen LogP contribution is -2.12. The summed E-state index contributed by atoms with van der Waals surface area (Å²) < 4.78 is 5.63. The minimum atomic E-state index is -0.832. The maximum Gasteiger partial charge on any atom is 0.303 e. The third kappa shape index (κ3) is 14.3. The average Bonchev–Trinajstić information content (AvgIpc) is 2.70. The van der Waals surface area contributed by atoms with Crippen LogP contribution in [-0.4, -0.2) is 34.6 Å². The summed E-state index contributed by atoms with van der Waals surface area (Å²) >= 11 is 2.05. The third-order valence-corrected chi connectivity index (χ3v) is 5.89. The van der Waals surface area contributed by atoms with Gasteiger partial charge in [-0.3, -0.25) is 9.59 Å². The van der Waals surface area contributed by atoms with E-state index in [2.05, 4.69) is 19.2 Å². The predicted molar refractivity (Wildman–Crippen MR) is 127 cm³/mol. The SMILES string of the molecule is CC(C)SCCCCCCCCCCC(=O)Nc1ccccc1OCCCC(=O)O. The van der Waals surface area contributed by atoms with Gasteiger partial charge < -0.3 is 15.2 Å². The van der Waals surface area contributed by atoms with Gasteiger partial charge in [-0.05, 0) is 42.4 Å². The monoisotopic (exact) mass is 437 g/mol. The van der Waals surface area contributed by atoms with Crippen molar-refractivity contribution in [2.45, 2.75) is 89.7 Å². The van der Waals surface area contributed by atoms with Gasteiger partial charge in [-0.2, -0.15) is 11.8 Å². The van der Waals surface area contributed by atoms with Crippen LogP contribution < -0.4 is 10.1 Å². The lowest BCUT2D eigenvalue weighted by atomic mass is 10.1. The standard InChI is InChI=1S/C24H39NO4S/c1-20(2)30-19-12-8-6-4-3-5-7-9-16-23(26)25-21-14-10-11-15-22(21)29-18-13-17-24(27)28/h10-11,14-15,20H,3-9,12-13,16-19H2,1-2H3,(H,25,26)(H,27,28). The third-order valence-electron chi connectivity index (χ3n) is 4.70. The first kappa shape index (κ1) is 26.3. The number of carboxylic acids is 1. The number of rotatable bonds is 18. The topological polar surface area (TPSA) is 75.6 Å². The van der Waals surface area contributed by atoms with Gasteiger partial charge in [0.25, 0.3) is 0 Å². The normalized spacial score (nSPS) is 10.9. The van der Waals surface area contributed by atoms with Gasteiger partial charge in [-0.1, -0.05) is 64.5 Å². The number of para-hydroxylation sites is 2. The molecule has 6 heteroatoms. The zero-order valence-electron chi connectivity index (χ0n) is 18.7. The van der Waals surface area contributed by atoms with Crippen LogP contribution in [0.5, 0.6) is 5.75 Å². The number of hydrogen-bond acceptors (Lipinski definition) is 4. The number of carbonyl (C=O) groups excluding carboxylic acids is 1. The van der Waals surface area contributed by atoms with Crippen molar-refractivity contribution < 1.29 is 19.4 Å². The Bertz CT molecular complexity index is 607. The summed E-state index contributed by atoms with van der Waals surface area (Å²) in [5, 5.41) is 12.3. The number of carboxylic acid groups (broad SMARTS) is 1. The maximum atomic E-state index is 12.2. The molecule has 0 aliphatic carbocycles. The van der Waals surface area contributed by atoms with Crippen molar-refractivity contribution in [1.29, 1.82) is 0 Å². The van der Waals surface area contributed by atoms with Crippen LogP contribution in [0.4, 0.5) is 5.69 Å². The zero-order valence-corrected chi connectivity index (χ0v) is 19.5. The molecule has 2 N–H and O–H groups in total. The van der Waals surface area contributed by atoms with E-state index in [0.29, 0.717) is 30.9 Å². The number of unbranched alkanes of at least 4 members (excludes halogenated alkanes) is 7. The molecule has 0 atom stereocenters. The van der Waals surface area contributed by atoms with Gasteiger partial charge >= 0.3 is 5.97 Å². The largest absolute Gasteiger partial charge is 0.491 e. The lowest BCUT2D eigenvalue weighted by Gasteiger charge is -2.12. The van der Waals surface area contributed by atoms with Crippen LogP contribution in [0.2, 0.25) is 0 Å². The second-order valence-electron chi connectivity index (χ2n) is 7.89. The number of thioether (sulfide) groups is 1. The van der Waals surface area contributed by atoms with E-state index < -0.39 is 5.97 Å². The number of anilines is 1. The second kappa shape index (κ2) is 17.0. The Kier molecular flexibility index (Phi) is 15.0. The molecule has 0 aliphatic rings. The number of amides is 1. The van der Waals surface area contributed by atoms with E-state index >= 15 is 0 Å². The van der Waals surface area contributed by atoms with Gasteiger partial charge in [0.1, 0.15) is 5.75 Å². The fourth-order valence-corrected chi connectivity index (χ4v) is 3.92. The van der Waals surface area contributed by atoms with E-state index in [1.54, 1.807) is 6.07 Å². The number of benzene rings is 1. The van der Waals surface area contributed by atoms with Crippen LogP contribution in [0.15, 0.2) is 24.3 Å². The van der Waals surface area contributed by atoms with Crippen molar-refractivity contribution in [2.75, 3.05) is 17.7 Å². The Hall–Kier alpha value is -1.69. The van der Waals surface area contributed by atoms with Crippen molar-refractivity contribution in [2.24, 2.45) is 0 Å². The van der Waals surface area contributed by atoms with E-state index in [4.69, 9.17) is 9.84 Å². The summed E-state index contributed by atoms with van der Waals surface area (Å²) in [6, 6.07) is 7.29. The molecule has 0 saturated heterocycles. The molecule has 0 aromatic heterocycles. The molecule has 0 fully saturated rings. The Balaban J connectivity index is 2.09. The summed E-state index contributed by atoms with van der Waals surface area (Å²) in [5.74, 6) is 1.03. The van der Waals surface area contributed by atoms with Crippen LogP contribution in [0, 0.1) is 0 Å². The first-order chi connectivity index (χ1) is 14.5. The molecule has 0 aliphatic heterocycles. The van der Waals surface area contributed by atoms with Crippen molar-refractivity contribution >= 4 is 29.3 Å². The van der Waals surface area contributed by atoms with Crippen LogP contribution in [0.25, 0.3) is 0 Å². The summed E-state index contributed by atoms with van der Waals surface area (Å²) in [5.41, 5.74) is 0.647. The van der Waals surface area contributed by atoms with Gasteiger partial charge in [0.2, 0.25) is 5.91 Å². The van der Waals surface area contributed by atoms with Crippen LogP contribution in [-0.2, 0) is 9.59 Å². The minimum Gasteiger partial charge on any atom is -0.491 e. The highest BCUT2D eigenvalue weighted by Crippen LogP contribution is 2.24. The molecular formula is C24H39NO4S. The van der Waals surface area contributed by atoms with Crippen LogP contribution in [0.3, 0.4) is 0 Å². The van der Waals surface area contributed by atoms with E-state index in [-0.39, 0.29) is 12.3 Å². The Labute approximate surface area is 186 Å². The number of nitrogens with one attached hydrogen (secondary N) is 1. The molecule has 0 bridgehead atoms. The quantitative estimate of drug-likeness (QED) is 0.256. The van der Waals surface area contributed by atoms with E-state index in [1.165, 1.54) is 44.3 Å². The predicted octanol–water partition coefficient (Wildman–Crippen LogP) is 6.52. The minimum absolute atomic E-state index is 0.000705. The molecule has 0 saturated carbocycles. The van der Waals surface area contributed by atoms with Gasteiger partial charge in [0.15, 0.2) is 0 Å². The van der Waals surface area contributed by atoms with Crippen molar-refractivity contribution in [3.63, 3.8) is 0 Å². The summed E-state index contributed by atoms with van der Waals surface area (Å²) in [6.45, 7) is 4.82. The van der Waals surface area contributed by atoms with Gasteiger partial charge in [-0.25, -0.2) is 0 Å². The lowest BCUT2D eigenvalue weighted by molar-refractivity contribution is -0.137. The van der Waals surface area contributed by atoms with Crippen molar-refractivity contribution in [3.05, 3.63) is 24.3 Å². The Morgan fingerprint density at radius 1 is 0.933 bits per heavy atom. The van der Waals surface area contributed by atoms with Gasteiger partial charge in [0, 0.05) is 12.8 Å². The molecule has 170 valence electrons. The average molecular weight is 438 g/mol. The Morgan fingerprint density at radius 3 is 2.23 bits per heavy atom. The number of ether oxygens (including phenoxy) is 1. The van der Waals surface area contributed by atoms with Crippen molar-refractivity contribution in [3.8, 4) is 5.75 Å². The molecule has 0 unspecified atom stereocenters. The van der Waals surface area contributed by atoms with Gasteiger partial charge in [-0.15, -0.1) is 0 Å². The summed E-state index contributed by atoms with van der Waals surface area (Å²) in [6.07, 6.45) is 10.7. The highest BCUT2D eigenvalue weighted by atomic mass is 32.2. The van der Waals surface area contributed by atoms with Crippen molar-refractivity contribution in [1.82, 2.24) is 0 Å². The molecule has 0 heterocycles. The fourth-order valence-electron chi connectivity index (χ4n) is 3.08. The summed E-state index contributed by atoms with van der Waals surface area (Å²) in [7, 11) is 0. The fraction of sp³-hybridized carbons (Fsp3) is 0.667. The van der Waals surface area contributed by atoms with E-state index in [1.807, 2.05) is 30.0 Å². The molecule has 1 aromatic carbocycles.